The molecule has 1 aliphatic rings. The summed E-state index contributed by atoms with van der Waals surface area (Å²) in [5.41, 5.74) is 0.313. The lowest BCUT2D eigenvalue weighted by Crippen LogP contribution is -2.04. The highest BCUT2D eigenvalue weighted by Crippen LogP contribution is 2.25. The lowest BCUT2D eigenvalue weighted by atomic mass is 10.3. The standard InChI is InChI=1S/C13H12F2N4/c14-8-3-9(15)5-11(4-8)19-13-6-12(16-7-17-13)18-10-1-2-10/h3-7,10H,1-2H2,(H2,16,17,18,19). The van der Waals surface area contributed by atoms with E-state index >= 15 is 0 Å². The van der Waals surface area contributed by atoms with Crippen molar-refractivity contribution in [2.24, 2.45) is 0 Å². The minimum Gasteiger partial charge on any atom is -0.367 e. The number of halogens is 2. The van der Waals surface area contributed by atoms with E-state index in [-0.39, 0.29) is 0 Å². The average Bonchev–Trinajstić information content (AvgIpc) is 3.12. The number of anilines is 3. The van der Waals surface area contributed by atoms with Crippen LogP contribution in [-0.4, -0.2) is 16.0 Å². The molecule has 0 unspecified atom stereocenters. The lowest BCUT2D eigenvalue weighted by Gasteiger charge is -2.08. The molecule has 0 saturated heterocycles. The van der Waals surface area contributed by atoms with Crippen molar-refractivity contribution in [3.8, 4) is 0 Å². The topological polar surface area (TPSA) is 49.8 Å². The molecule has 1 saturated carbocycles. The molecular weight excluding hydrogens is 250 g/mol. The van der Waals surface area contributed by atoms with Crippen molar-refractivity contribution in [2.45, 2.75) is 18.9 Å². The SMILES string of the molecule is Fc1cc(F)cc(Nc2cc(NC3CC3)ncn2)c1. The highest BCUT2D eigenvalue weighted by molar-refractivity contribution is 5.59. The van der Waals surface area contributed by atoms with Crippen molar-refractivity contribution < 1.29 is 8.78 Å². The molecule has 0 radical (unpaired) electrons. The fourth-order valence-electron chi connectivity index (χ4n) is 1.72. The quantitative estimate of drug-likeness (QED) is 0.889. The summed E-state index contributed by atoms with van der Waals surface area (Å²) in [6, 6.07) is 5.43. The van der Waals surface area contributed by atoms with Crippen molar-refractivity contribution >= 4 is 17.3 Å². The number of nitrogens with zero attached hydrogens (tertiary/aromatic N) is 2. The van der Waals surface area contributed by atoms with E-state index in [0.29, 0.717) is 23.4 Å². The Kier molecular flexibility index (Phi) is 2.98. The third-order valence-electron chi connectivity index (χ3n) is 2.73. The normalized spacial score (nSPS) is 14.2. The summed E-state index contributed by atoms with van der Waals surface area (Å²) in [7, 11) is 0. The summed E-state index contributed by atoms with van der Waals surface area (Å²) in [4.78, 5) is 8.10. The Hall–Kier alpha value is -2.24. The van der Waals surface area contributed by atoms with Crippen LogP contribution in [0.2, 0.25) is 0 Å². The van der Waals surface area contributed by atoms with E-state index in [0.717, 1.165) is 18.9 Å². The molecule has 2 N–H and O–H groups in total. The Morgan fingerprint density at radius 2 is 1.63 bits per heavy atom. The van der Waals surface area contributed by atoms with Gasteiger partial charge in [-0.1, -0.05) is 0 Å². The summed E-state index contributed by atoms with van der Waals surface area (Å²) in [5.74, 6) is -0.0687. The molecule has 6 heteroatoms. The second kappa shape index (κ2) is 4.79. The molecule has 0 aliphatic heterocycles. The first kappa shape index (κ1) is 11.8. The minimum atomic E-state index is -0.632. The summed E-state index contributed by atoms with van der Waals surface area (Å²) in [5, 5.41) is 6.07. The molecule has 0 bridgehead atoms. The van der Waals surface area contributed by atoms with Gasteiger partial charge in [-0.05, 0) is 25.0 Å². The molecule has 98 valence electrons. The van der Waals surface area contributed by atoms with Gasteiger partial charge in [0.05, 0.1) is 0 Å². The highest BCUT2D eigenvalue weighted by atomic mass is 19.1. The molecule has 3 rings (SSSR count). The van der Waals surface area contributed by atoms with Crippen molar-refractivity contribution in [1.29, 1.82) is 0 Å². The molecule has 19 heavy (non-hydrogen) atoms. The van der Waals surface area contributed by atoms with E-state index in [1.165, 1.54) is 18.5 Å². The predicted octanol–water partition coefficient (Wildman–Crippen LogP) is 3.07. The fourth-order valence-corrected chi connectivity index (χ4v) is 1.72. The number of benzene rings is 1. The van der Waals surface area contributed by atoms with Gasteiger partial charge in [-0.3, -0.25) is 0 Å². The van der Waals surface area contributed by atoms with E-state index in [9.17, 15) is 8.78 Å². The fraction of sp³-hybridized carbons (Fsp3) is 0.231. The number of hydrogen-bond acceptors (Lipinski definition) is 4. The van der Waals surface area contributed by atoms with Crippen molar-refractivity contribution in [3.63, 3.8) is 0 Å². The Morgan fingerprint density at radius 3 is 2.32 bits per heavy atom. The maximum absolute atomic E-state index is 13.1. The number of rotatable bonds is 4. The summed E-state index contributed by atoms with van der Waals surface area (Å²) >= 11 is 0. The van der Waals surface area contributed by atoms with Crippen LogP contribution in [0.3, 0.4) is 0 Å². The Bertz CT molecular complexity index is 579. The van der Waals surface area contributed by atoms with E-state index in [1.807, 2.05) is 0 Å². The third kappa shape index (κ3) is 3.15. The van der Waals surface area contributed by atoms with Crippen LogP contribution >= 0.6 is 0 Å². The molecule has 1 aromatic carbocycles. The van der Waals surface area contributed by atoms with Gasteiger partial charge >= 0.3 is 0 Å². The molecular formula is C13H12F2N4. The van der Waals surface area contributed by atoms with Crippen LogP contribution < -0.4 is 10.6 Å². The number of nitrogens with one attached hydrogen (secondary N) is 2. The van der Waals surface area contributed by atoms with Gasteiger partial charge in [-0.15, -0.1) is 0 Å². The summed E-state index contributed by atoms with van der Waals surface area (Å²) in [6.07, 6.45) is 3.69. The summed E-state index contributed by atoms with van der Waals surface area (Å²) in [6.45, 7) is 0. The second-order valence-electron chi connectivity index (χ2n) is 4.49. The summed E-state index contributed by atoms with van der Waals surface area (Å²) < 4.78 is 26.1. The third-order valence-corrected chi connectivity index (χ3v) is 2.73. The maximum Gasteiger partial charge on any atom is 0.135 e. The second-order valence-corrected chi connectivity index (χ2v) is 4.49. The van der Waals surface area contributed by atoms with Crippen molar-refractivity contribution in [3.05, 3.63) is 42.2 Å². The first-order chi connectivity index (χ1) is 9.19. The van der Waals surface area contributed by atoms with Crippen LogP contribution in [0, 0.1) is 11.6 Å². The van der Waals surface area contributed by atoms with Crippen LogP contribution in [0.15, 0.2) is 30.6 Å². The molecule has 0 amide bonds. The number of aromatic nitrogens is 2. The zero-order valence-corrected chi connectivity index (χ0v) is 10.0. The van der Waals surface area contributed by atoms with E-state index in [1.54, 1.807) is 6.07 Å². The molecule has 0 atom stereocenters. The average molecular weight is 262 g/mol. The Labute approximate surface area is 108 Å². The van der Waals surface area contributed by atoms with Gasteiger partial charge in [0.25, 0.3) is 0 Å². The monoisotopic (exact) mass is 262 g/mol. The first-order valence-corrected chi connectivity index (χ1v) is 6.01. The first-order valence-electron chi connectivity index (χ1n) is 6.01. The molecule has 4 nitrogen and oxygen atoms in total. The predicted molar refractivity (Wildman–Crippen MR) is 68.3 cm³/mol. The molecule has 1 aromatic heterocycles. The van der Waals surface area contributed by atoms with Crippen LogP contribution in [0.25, 0.3) is 0 Å². The molecule has 1 heterocycles. The molecule has 0 spiro atoms. The van der Waals surface area contributed by atoms with Gasteiger partial charge in [0.1, 0.15) is 29.6 Å². The van der Waals surface area contributed by atoms with Crippen LogP contribution in [0.5, 0.6) is 0 Å². The van der Waals surface area contributed by atoms with E-state index in [4.69, 9.17) is 0 Å². The highest BCUT2D eigenvalue weighted by Gasteiger charge is 2.21. The lowest BCUT2D eigenvalue weighted by molar-refractivity contribution is 0.584. The van der Waals surface area contributed by atoms with Crippen LogP contribution in [0.4, 0.5) is 26.1 Å². The Balaban J connectivity index is 1.77. The zero-order valence-electron chi connectivity index (χ0n) is 10.0. The van der Waals surface area contributed by atoms with Crippen molar-refractivity contribution in [2.75, 3.05) is 10.6 Å². The van der Waals surface area contributed by atoms with Crippen molar-refractivity contribution in [1.82, 2.24) is 9.97 Å². The van der Waals surface area contributed by atoms with Gasteiger partial charge < -0.3 is 10.6 Å². The Morgan fingerprint density at radius 1 is 0.947 bits per heavy atom. The smallest absolute Gasteiger partial charge is 0.135 e. The van der Waals surface area contributed by atoms with Gasteiger partial charge in [-0.2, -0.15) is 0 Å². The van der Waals surface area contributed by atoms with Gasteiger partial charge in [0.2, 0.25) is 0 Å². The van der Waals surface area contributed by atoms with E-state index < -0.39 is 11.6 Å². The van der Waals surface area contributed by atoms with Crippen LogP contribution in [0.1, 0.15) is 12.8 Å². The van der Waals surface area contributed by atoms with Gasteiger partial charge in [0, 0.05) is 23.9 Å². The largest absolute Gasteiger partial charge is 0.367 e. The molecule has 2 aromatic rings. The van der Waals surface area contributed by atoms with Gasteiger partial charge in [0.15, 0.2) is 0 Å². The molecule has 1 fully saturated rings. The van der Waals surface area contributed by atoms with Gasteiger partial charge in [-0.25, -0.2) is 18.7 Å². The zero-order chi connectivity index (χ0) is 13.2. The maximum atomic E-state index is 13.1. The molecule has 1 aliphatic carbocycles. The van der Waals surface area contributed by atoms with E-state index in [2.05, 4.69) is 20.6 Å². The number of hydrogen-bond donors (Lipinski definition) is 2. The van der Waals surface area contributed by atoms with Crippen LogP contribution in [-0.2, 0) is 0 Å². The minimum absolute atomic E-state index is 0.313.